The molecule has 2 fully saturated rings. The van der Waals surface area contributed by atoms with E-state index in [-0.39, 0.29) is 0 Å². The number of aryl methyl sites for hydroxylation is 1. The number of ether oxygens (including phenoxy) is 1. The summed E-state index contributed by atoms with van der Waals surface area (Å²) < 4.78 is 5.42. The molecule has 1 nitrogen and oxygen atoms in total. The third-order valence-corrected chi connectivity index (χ3v) is 7.13. The van der Waals surface area contributed by atoms with E-state index in [0.717, 1.165) is 23.5 Å². The van der Waals surface area contributed by atoms with E-state index in [1.807, 2.05) is 0 Å². The quantitative estimate of drug-likeness (QED) is 0.622. The van der Waals surface area contributed by atoms with Crippen LogP contribution < -0.4 is 4.74 Å². The highest BCUT2D eigenvalue weighted by Gasteiger charge is 2.52. The minimum absolute atomic E-state index is 0.500. The first-order chi connectivity index (χ1) is 10.7. The summed E-state index contributed by atoms with van der Waals surface area (Å²) in [6.45, 7) is 4.80. The van der Waals surface area contributed by atoms with Crippen LogP contribution in [0, 0.1) is 17.3 Å². The molecule has 118 valence electrons. The van der Waals surface area contributed by atoms with Crippen LogP contribution in [0.3, 0.4) is 0 Å². The Morgan fingerprint density at radius 1 is 1.18 bits per heavy atom. The summed E-state index contributed by atoms with van der Waals surface area (Å²) >= 11 is 0. The SMILES string of the molecule is C/C=C1/CC[C@H]2[C@@H]3CCc4cc(OC)ccc4[C@H]3CC[C@]12C. The van der Waals surface area contributed by atoms with E-state index >= 15 is 0 Å². The number of methoxy groups -OCH3 is 1. The van der Waals surface area contributed by atoms with E-state index in [1.165, 1.54) is 38.5 Å². The van der Waals surface area contributed by atoms with E-state index in [0.29, 0.717) is 5.41 Å². The van der Waals surface area contributed by atoms with Gasteiger partial charge in [-0.05, 0) is 91.9 Å². The van der Waals surface area contributed by atoms with Gasteiger partial charge in [0.05, 0.1) is 7.11 Å². The van der Waals surface area contributed by atoms with Crippen LogP contribution in [0.15, 0.2) is 29.8 Å². The van der Waals surface area contributed by atoms with Crippen LogP contribution in [-0.4, -0.2) is 7.11 Å². The lowest BCUT2D eigenvalue weighted by Crippen LogP contribution is -2.40. The molecule has 0 saturated heterocycles. The van der Waals surface area contributed by atoms with Crippen molar-refractivity contribution >= 4 is 0 Å². The van der Waals surface area contributed by atoms with Crippen molar-refractivity contribution in [2.24, 2.45) is 17.3 Å². The predicted molar refractivity (Wildman–Crippen MR) is 91.4 cm³/mol. The maximum Gasteiger partial charge on any atom is 0.119 e. The molecule has 0 N–H and O–H groups in total. The van der Waals surface area contributed by atoms with Crippen LogP contribution in [0.5, 0.6) is 5.75 Å². The number of hydrogen-bond donors (Lipinski definition) is 0. The van der Waals surface area contributed by atoms with Gasteiger partial charge in [0, 0.05) is 0 Å². The van der Waals surface area contributed by atoms with Gasteiger partial charge < -0.3 is 4.74 Å². The molecular formula is C21H28O. The van der Waals surface area contributed by atoms with Gasteiger partial charge in [0.15, 0.2) is 0 Å². The molecule has 0 unspecified atom stereocenters. The highest BCUT2D eigenvalue weighted by atomic mass is 16.5. The molecule has 1 aromatic rings. The van der Waals surface area contributed by atoms with Crippen molar-refractivity contribution in [1.29, 1.82) is 0 Å². The number of benzene rings is 1. The summed E-state index contributed by atoms with van der Waals surface area (Å²) in [6, 6.07) is 6.81. The van der Waals surface area contributed by atoms with E-state index in [4.69, 9.17) is 4.74 Å². The van der Waals surface area contributed by atoms with E-state index in [1.54, 1.807) is 23.8 Å². The molecule has 0 heterocycles. The Morgan fingerprint density at radius 3 is 2.82 bits per heavy atom. The second kappa shape index (κ2) is 5.15. The third-order valence-electron chi connectivity index (χ3n) is 7.13. The van der Waals surface area contributed by atoms with Crippen LogP contribution >= 0.6 is 0 Å². The van der Waals surface area contributed by atoms with Crippen molar-refractivity contribution in [3.8, 4) is 5.75 Å². The fourth-order valence-corrected chi connectivity index (χ4v) is 6.01. The maximum absolute atomic E-state index is 5.42. The summed E-state index contributed by atoms with van der Waals surface area (Å²) in [5.74, 6) is 3.63. The lowest BCUT2D eigenvalue weighted by Gasteiger charge is -2.49. The van der Waals surface area contributed by atoms with Crippen molar-refractivity contribution in [1.82, 2.24) is 0 Å². The molecule has 0 amide bonds. The summed E-state index contributed by atoms with van der Waals surface area (Å²) in [4.78, 5) is 0. The molecule has 0 aliphatic heterocycles. The average molecular weight is 296 g/mol. The minimum Gasteiger partial charge on any atom is -0.497 e. The largest absolute Gasteiger partial charge is 0.497 e. The number of fused-ring (bicyclic) bond motifs is 5. The van der Waals surface area contributed by atoms with Crippen molar-refractivity contribution in [2.45, 2.75) is 58.3 Å². The van der Waals surface area contributed by atoms with Gasteiger partial charge in [0.1, 0.15) is 5.75 Å². The lowest BCUT2D eigenvalue weighted by molar-refractivity contribution is 0.0813. The summed E-state index contributed by atoms with van der Waals surface area (Å²) in [6.07, 6.45) is 10.5. The van der Waals surface area contributed by atoms with Crippen LogP contribution in [0.1, 0.15) is 63.0 Å². The Balaban J connectivity index is 1.69. The molecule has 4 rings (SSSR count). The molecule has 2 saturated carbocycles. The fraction of sp³-hybridized carbons (Fsp3) is 0.619. The zero-order chi connectivity index (χ0) is 15.3. The summed E-state index contributed by atoms with van der Waals surface area (Å²) in [5.41, 5.74) is 5.43. The smallest absolute Gasteiger partial charge is 0.119 e. The van der Waals surface area contributed by atoms with Gasteiger partial charge in [0.2, 0.25) is 0 Å². The first-order valence-corrected chi connectivity index (χ1v) is 9.00. The number of rotatable bonds is 1. The molecule has 3 aliphatic rings. The van der Waals surface area contributed by atoms with Crippen molar-refractivity contribution in [3.63, 3.8) is 0 Å². The van der Waals surface area contributed by atoms with Crippen LogP contribution in [0.25, 0.3) is 0 Å². The Hall–Kier alpha value is -1.24. The Morgan fingerprint density at radius 2 is 2.05 bits per heavy atom. The molecule has 3 aliphatic carbocycles. The predicted octanol–water partition coefficient (Wildman–Crippen LogP) is 5.50. The van der Waals surface area contributed by atoms with Gasteiger partial charge in [-0.25, -0.2) is 0 Å². The molecule has 0 bridgehead atoms. The highest BCUT2D eigenvalue weighted by Crippen LogP contribution is 2.62. The highest BCUT2D eigenvalue weighted by molar-refractivity contribution is 5.41. The van der Waals surface area contributed by atoms with Gasteiger partial charge in [-0.15, -0.1) is 0 Å². The monoisotopic (exact) mass is 296 g/mol. The second-order valence-corrected chi connectivity index (χ2v) is 7.79. The van der Waals surface area contributed by atoms with Crippen molar-refractivity contribution < 1.29 is 4.74 Å². The van der Waals surface area contributed by atoms with Crippen LogP contribution in [-0.2, 0) is 6.42 Å². The number of hydrogen-bond acceptors (Lipinski definition) is 1. The van der Waals surface area contributed by atoms with E-state index in [2.05, 4.69) is 38.1 Å². The molecule has 0 aromatic heterocycles. The van der Waals surface area contributed by atoms with Crippen molar-refractivity contribution in [2.75, 3.05) is 7.11 Å². The molecular weight excluding hydrogens is 268 g/mol. The van der Waals surface area contributed by atoms with Gasteiger partial charge in [-0.1, -0.05) is 24.6 Å². The first-order valence-electron chi connectivity index (χ1n) is 9.00. The van der Waals surface area contributed by atoms with E-state index in [9.17, 15) is 0 Å². The maximum atomic E-state index is 5.42. The molecule has 0 spiro atoms. The van der Waals surface area contributed by atoms with Crippen molar-refractivity contribution in [3.05, 3.63) is 41.0 Å². The molecule has 4 atom stereocenters. The second-order valence-electron chi connectivity index (χ2n) is 7.79. The Kier molecular flexibility index (Phi) is 3.36. The van der Waals surface area contributed by atoms with Gasteiger partial charge >= 0.3 is 0 Å². The van der Waals surface area contributed by atoms with E-state index < -0.39 is 0 Å². The standard InChI is InChI=1S/C21H28O/c1-4-15-6-10-20-19-8-5-14-13-16(22-3)7-9-17(14)18(19)11-12-21(15,20)2/h4,7,9,13,18-20H,5-6,8,10-12H2,1-3H3/b15-4-/t18-,19-,20+,21-/m1/s1. The average Bonchev–Trinajstić information content (AvgIpc) is 2.90. The fourth-order valence-electron chi connectivity index (χ4n) is 6.01. The Bertz CT molecular complexity index is 614. The summed E-state index contributed by atoms with van der Waals surface area (Å²) in [5, 5.41) is 0. The lowest BCUT2D eigenvalue weighted by atomic mass is 9.55. The van der Waals surface area contributed by atoms with Crippen LogP contribution in [0.4, 0.5) is 0 Å². The molecule has 0 radical (unpaired) electrons. The topological polar surface area (TPSA) is 9.23 Å². The molecule has 22 heavy (non-hydrogen) atoms. The Labute approximate surface area is 134 Å². The zero-order valence-corrected chi connectivity index (χ0v) is 14.2. The van der Waals surface area contributed by atoms with Gasteiger partial charge in [-0.3, -0.25) is 0 Å². The zero-order valence-electron chi connectivity index (χ0n) is 14.2. The van der Waals surface area contributed by atoms with Crippen LogP contribution in [0.2, 0.25) is 0 Å². The first kappa shape index (κ1) is 14.4. The summed E-state index contributed by atoms with van der Waals surface area (Å²) in [7, 11) is 1.77. The van der Waals surface area contributed by atoms with Gasteiger partial charge in [-0.2, -0.15) is 0 Å². The minimum atomic E-state index is 0.500. The normalized spacial score (nSPS) is 38.3. The van der Waals surface area contributed by atoms with Gasteiger partial charge in [0.25, 0.3) is 0 Å². The number of allylic oxidation sites excluding steroid dienone is 2. The molecule has 1 aromatic carbocycles. The molecule has 1 heteroatoms. The third kappa shape index (κ3) is 1.90.